The Labute approximate surface area is 155 Å². The summed E-state index contributed by atoms with van der Waals surface area (Å²) in [6.45, 7) is 0.430. The molecular formula is C21H18N4O2. The van der Waals surface area contributed by atoms with Crippen molar-refractivity contribution in [2.45, 2.75) is 13.1 Å². The minimum absolute atomic E-state index is 0.00250. The first-order valence-electron chi connectivity index (χ1n) is 8.66. The van der Waals surface area contributed by atoms with Crippen LogP contribution in [0.2, 0.25) is 0 Å². The Morgan fingerprint density at radius 2 is 1.63 bits per heavy atom. The normalized spacial score (nSPS) is 10.8. The van der Waals surface area contributed by atoms with Gasteiger partial charge >= 0.3 is 0 Å². The number of carbonyl (C=O) groups is 1. The van der Waals surface area contributed by atoms with E-state index in [4.69, 9.17) is 0 Å². The molecule has 0 fully saturated rings. The zero-order valence-corrected chi connectivity index (χ0v) is 14.6. The third-order valence-electron chi connectivity index (χ3n) is 4.32. The first-order valence-corrected chi connectivity index (χ1v) is 8.66. The van der Waals surface area contributed by atoms with E-state index in [2.05, 4.69) is 10.3 Å². The lowest BCUT2D eigenvalue weighted by atomic mass is 10.2. The molecule has 0 aliphatic heterocycles. The van der Waals surface area contributed by atoms with E-state index in [1.54, 1.807) is 23.0 Å². The molecule has 2 aromatic carbocycles. The van der Waals surface area contributed by atoms with Crippen LogP contribution in [0.15, 0.2) is 83.8 Å². The van der Waals surface area contributed by atoms with Gasteiger partial charge in [0.2, 0.25) is 5.91 Å². The molecule has 0 saturated heterocycles. The molecule has 0 aliphatic rings. The lowest BCUT2D eigenvalue weighted by Crippen LogP contribution is -2.31. The fraction of sp³-hybridized carbons (Fsp3) is 0.0952. The van der Waals surface area contributed by atoms with E-state index in [-0.39, 0.29) is 18.0 Å². The van der Waals surface area contributed by atoms with Crippen LogP contribution < -0.4 is 10.9 Å². The zero-order valence-electron chi connectivity index (χ0n) is 14.6. The molecule has 27 heavy (non-hydrogen) atoms. The summed E-state index contributed by atoms with van der Waals surface area (Å²) in [5, 5.41) is 3.38. The second-order valence-corrected chi connectivity index (χ2v) is 6.15. The molecule has 0 bridgehead atoms. The van der Waals surface area contributed by atoms with Crippen molar-refractivity contribution >= 4 is 16.9 Å². The lowest BCUT2D eigenvalue weighted by molar-refractivity contribution is -0.122. The molecule has 6 heteroatoms. The summed E-state index contributed by atoms with van der Waals surface area (Å²) in [6.07, 6.45) is 1.62. The Morgan fingerprint density at radius 1 is 0.926 bits per heavy atom. The largest absolute Gasteiger partial charge is 0.350 e. The molecule has 0 aliphatic carbocycles. The summed E-state index contributed by atoms with van der Waals surface area (Å²) in [6, 6.07) is 22.4. The minimum Gasteiger partial charge on any atom is -0.350 e. The molecule has 134 valence electrons. The number of para-hydroxylation sites is 1. The molecule has 0 atom stereocenters. The molecule has 0 saturated carbocycles. The second kappa shape index (κ2) is 7.29. The standard InChI is InChI=1S/C21H18N4O2/c26-19(23-14-16-8-3-1-4-9-16)15-24-20-18(12-7-13-22-20)21(27)25(24)17-10-5-2-6-11-17/h1-13H,14-15H2,(H,23,26). The van der Waals surface area contributed by atoms with E-state index in [9.17, 15) is 9.59 Å². The monoisotopic (exact) mass is 358 g/mol. The highest BCUT2D eigenvalue weighted by Gasteiger charge is 2.17. The minimum atomic E-state index is -0.194. The van der Waals surface area contributed by atoms with E-state index in [0.717, 1.165) is 5.56 Å². The fourth-order valence-electron chi connectivity index (χ4n) is 3.05. The van der Waals surface area contributed by atoms with Gasteiger partial charge in [-0.3, -0.25) is 14.3 Å². The summed E-state index contributed by atoms with van der Waals surface area (Å²) >= 11 is 0. The number of benzene rings is 2. The Hall–Kier alpha value is -3.67. The third-order valence-corrected chi connectivity index (χ3v) is 4.32. The second-order valence-electron chi connectivity index (χ2n) is 6.15. The van der Waals surface area contributed by atoms with Crippen molar-refractivity contribution < 1.29 is 4.79 Å². The van der Waals surface area contributed by atoms with Crippen molar-refractivity contribution in [2.75, 3.05) is 0 Å². The molecule has 4 rings (SSSR count). The molecule has 2 aromatic heterocycles. The number of nitrogens with zero attached hydrogens (tertiary/aromatic N) is 3. The molecule has 4 aromatic rings. The van der Waals surface area contributed by atoms with Gasteiger partial charge in [0.05, 0.1) is 11.1 Å². The molecule has 0 radical (unpaired) electrons. The summed E-state index contributed by atoms with van der Waals surface area (Å²) in [5.74, 6) is -0.189. The maximum Gasteiger partial charge on any atom is 0.280 e. The van der Waals surface area contributed by atoms with Gasteiger partial charge in [-0.2, -0.15) is 0 Å². The molecule has 2 heterocycles. The van der Waals surface area contributed by atoms with Crippen LogP contribution in [0.25, 0.3) is 16.7 Å². The molecule has 6 nitrogen and oxygen atoms in total. The van der Waals surface area contributed by atoms with Gasteiger partial charge in [0.25, 0.3) is 5.56 Å². The third kappa shape index (κ3) is 3.37. The van der Waals surface area contributed by atoms with Crippen molar-refractivity contribution in [3.63, 3.8) is 0 Å². The van der Waals surface area contributed by atoms with Gasteiger partial charge in [0.1, 0.15) is 6.54 Å². The Bertz CT molecular complexity index is 1130. The average Bonchev–Trinajstić information content (AvgIpc) is 3.00. The van der Waals surface area contributed by atoms with Crippen molar-refractivity contribution in [2.24, 2.45) is 0 Å². The quantitative estimate of drug-likeness (QED) is 0.596. The van der Waals surface area contributed by atoms with E-state index >= 15 is 0 Å². The number of carbonyl (C=O) groups excluding carboxylic acids is 1. The SMILES string of the molecule is O=C(Cn1c2ncccc2c(=O)n1-c1ccccc1)NCc1ccccc1. The summed E-state index contributed by atoms with van der Waals surface area (Å²) < 4.78 is 3.12. The van der Waals surface area contributed by atoms with Gasteiger partial charge in [-0.05, 0) is 29.8 Å². The van der Waals surface area contributed by atoms with Gasteiger partial charge < -0.3 is 5.32 Å². The van der Waals surface area contributed by atoms with Crippen molar-refractivity contribution in [1.82, 2.24) is 19.7 Å². The Morgan fingerprint density at radius 3 is 2.37 bits per heavy atom. The molecule has 0 unspecified atom stereocenters. The van der Waals surface area contributed by atoms with Gasteiger partial charge in [-0.15, -0.1) is 0 Å². The molecular weight excluding hydrogens is 340 g/mol. The maximum absolute atomic E-state index is 12.9. The maximum atomic E-state index is 12.9. The Kier molecular flexibility index (Phi) is 4.53. The van der Waals surface area contributed by atoms with Crippen molar-refractivity contribution in [1.29, 1.82) is 0 Å². The predicted octanol–water partition coefficient (Wildman–Crippen LogP) is 2.50. The highest BCUT2D eigenvalue weighted by Crippen LogP contribution is 2.13. The van der Waals surface area contributed by atoms with Crippen LogP contribution in [0.1, 0.15) is 5.56 Å². The highest BCUT2D eigenvalue weighted by atomic mass is 16.2. The summed E-state index contributed by atoms with van der Waals surface area (Å²) in [5.41, 5.74) is 2.00. The van der Waals surface area contributed by atoms with E-state index in [0.29, 0.717) is 23.3 Å². The predicted molar refractivity (Wildman–Crippen MR) is 104 cm³/mol. The highest BCUT2D eigenvalue weighted by molar-refractivity contribution is 5.80. The van der Waals surface area contributed by atoms with Gasteiger partial charge in [-0.1, -0.05) is 48.5 Å². The smallest absolute Gasteiger partial charge is 0.280 e. The fourth-order valence-corrected chi connectivity index (χ4v) is 3.05. The van der Waals surface area contributed by atoms with Crippen LogP contribution in [0.3, 0.4) is 0 Å². The van der Waals surface area contributed by atoms with Gasteiger partial charge in [-0.25, -0.2) is 9.67 Å². The zero-order chi connectivity index (χ0) is 18.6. The van der Waals surface area contributed by atoms with Crippen LogP contribution >= 0.6 is 0 Å². The van der Waals surface area contributed by atoms with E-state index < -0.39 is 0 Å². The average molecular weight is 358 g/mol. The van der Waals surface area contributed by atoms with Crippen molar-refractivity contribution in [3.8, 4) is 5.69 Å². The topological polar surface area (TPSA) is 68.9 Å². The summed E-state index contributed by atoms with van der Waals surface area (Å²) in [7, 11) is 0. The lowest BCUT2D eigenvalue weighted by Gasteiger charge is -2.12. The number of amides is 1. The summed E-state index contributed by atoms with van der Waals surface area (Å²) in [4.78, 5) is 29.7. The van der Waals surface area contributed by atoms with Gasteiger partial charge in [0, 0.05) is 12.7 Å². The molecule has 1 N–H and O–H groups in total. The number of nitrogens with one attached hydrogen (secondary N) is 1. The first-order chi connectivity index (χ1) is 13.2. The number of pyridine rings is 1. The van der Waals surface area contributed by atoms with Crippen LogP contribution in [0.5, 0.6) is 0 Å². The molecule has 1 amide bonds. The first kappa shape index (κ1) is 16.8. The number of rotatable bonds is 5. The molecule has 0 spiro atoms. The van der Waals surface area contributed by atoms with Crippen LogP contribution in [0, 0.1) is 0 Å². The Balaban J connectivity index is 1.68. The van der Waals surface area contributed by atoms with E-state index in [1.165, 1.54) is 4.68 Å². The number of fused-ring (bicyclic) bond motifs is 1. The number of hydrogen-bond acceptors (Lipinski definition) is 3. The van der Waals surface area contributed by atoms with E-state index in [1.807, 2.05) is 60.7 Å². The number of aromatic nitrogens is 3. The van der Waals surface area contributed by atoms with Crippen molar-refractivity contribution in [3.05, 3.63) is 94.9 Å². The number of hydrogen-bond donors (Lipinski definition) is 1. The van der Waals surface area contributed by atoms with Crippen LogP contribution in [-0.2, 0) is 17.9 Å². The van der Waals surface area contributed by atoms with Crippen LogP contribution in [-0.4, -0.2) is 20.3 Å². The van der Waals surface area contributed by atoms with Crippen LogP contribution in [0.4, 0.5) is 0 Å². The van der Waals surface area contributed by atoms with Gasteiger partial charge in [0.15, 0.2) is 5.65 Å².